The molecule has 9 heteroatoms. The van der Waals surface area contributed by atoms with E-state index in [-0.39, 0.29) is 11.5 Å². The van der Waals surface area contributed by atoms with Crippen molar-refractivity contribution in [2.24, 2.45) is 0 Å². The van der Waals surface area contributed by atoms with Gasteiger partial charge in [-0.2, -0.15) is 5.10 Å². The molecule has 25 heavy (non-hydrogen) atoms. The molecule has 2 aromatic heterocycles. The first-order valence-corrected chi connectivity index (χ1v) is 8.19. The Bertz CT molecular complexity index is 784. The van der Waals surface area contributed by atoms with Gasteiger partial charge in [-0.3, -0.25) is 9.59 Å². The fourth-order valence-electron chi connectivity index (χ4n) is 2.60. The summed E-state index contributed by atoms with van der Waals surface area (Å²) in [5, 5.41) is 6.70. The van der Waals surface area contributed by atoms with Crippen LogP contribution in [0.4, 0.5) is 5.82 Å². The predicted molar refractivity (Wildman–Crippen MR) is 92.6 cm³/mol. The van der Waals surface area contributed by atoms with Crippen LogP contribution in [0.2, 0.25) is 0 Å². The third-order valence-electron chi connectivity index (χ3n) is 4.11. The van der Waals surface area contributed by atoms with Gasteiger partial charge >= 0.3 is 0 Å². The van der Waals surface area contributed by atoms with Crippen LogP contribution in [0.25, 0.3) is 0 Å². The zero-order chi connectivity index (χ0) is 17.6. The molecule has 1 amide bonds. The fourth-order valence-corrected chi connectivity index (χ4v) is 2.60. The van der Waals surface area contributed by atoms with Gasteiger partial charge < -0.3 is 15.1 Å². The van der Waals surface area contributed by atoms with Crippen molar-refractivity contribution in [1.29, 1.82) is 0 Å². The molecule has 0 spiro atoms. The highest BCUT2D eigenvalue weighted by Gasteiger charge is 2.17. The fraction of sp³-hybridized carbons (Fsp3) is 0.438. The molecule has 0 atom stereocenters. The molecule has 1 aliphatic heterocycles. The van der Waals surface area contributed by atoms with Crippen LogP contribution in [0, 0.1) is 0 Å². The van der Waals surface area contributed by atoms with Gasteiger partial charge in [0.1, 0.15) is 17.8 Å². The summed E-state index contributed by atoms with van der Waals surface area (Å²) in [6.45, 7) is 4.27. The van der Waals surface area contributed by atoms with Crippen LogP contribution in [0.15, 0.2) is 35.5 Å². The van der Waals surface area contributed by atoms with Crippen molar-refractivity contribution in [1.82, 2.24) is 30.0 Å². The third kappa shape index (κ3) is 4.38. The van der Waals surface area contributed by atoms with Gasteiger partial charge in [-0.15, -0.1) is 0 Å². The number of hydrogen-bond donors (Lipinski definition) is 1. The largest absolute Gasteiger partial charge is 0.354 e. The first-order chi connectivity index (χ1) is 12.1. The van der Waals surface area contributed by atoms with E-state index in [1.54, 1.807) is 12.1 Å². The van der Waals surface area contributed by atoms with Gasteiger partial charge in [0.05, 0.1) is 6.54 Å². The van der Waals surface area contributed by atoms with E-state index in [0.29, 0.717) is 18.8 Å². The number of nitrogens with zero attached hydrogens (tertiary/aromatic N) is 6. The highest BCUT2D eigenvalue weighted by molar-refractivity contribution is 5.92. The SMILES string of the molecule is CN1CCN(c2cc(C(=O)NCCn3ncccc3=O)ncn2)CC1. The lowest BCUT2D eigenvalue weighted by atomic mass is 10.3. The van der Waals surface area contributed by atoms with Gasteiger partial charge in [0, 0.05) is 51.1 Å². The van der Waals surface area contributed by atoms with E-state index in [4.69, 9.17) is 0 Å². The summed E-state index contributed by atoms with van der Waals surface area (Å²) in [6, 6.07) is 4.72. The molecule has 3 rings (SSSR count). The normalized spacial score (nSPS) is 15.2. The minimum absolute atomic E-state index is 0.198. The molecule has 2 aromatic rings. The summed E-state index contributed by atoms with van der Waals surface area (Å²) < 4.78 is 1.30. The number of nitrogens with one attached hydrogen (secondary N) is 1. The van der Waals surface area contributed by atoms with Crippen LogP contribution in [-0.4, -0.2) is 70.3 Å². The Hall–Kier alpha value is -2.81. The second-order valence-electron chi connectivity index (χ2n) is 5.89. The first kappa shape index (κ1) is 17.0. The zero-order valence-corrected chi connectivity index (χ0v) is 14.1. The van der Waals surface area contributed by atoms with Crippen LogP contribution >= 0.6 is 0 Å². The standard InChI is InChI=1S/C16H21N7O2/c1-21-7-9-22(10-8-21)14-11-13(18-12-19-14)16(25)17-5-6-23-15(24)3-2-4-20-23/h2-4,11-12H,5-10H2,1H3,(H,17,25). The molecule has 1 fully saturated rings. The first-order valence-electron chi connectivity index (χ1n) is 8.19. The van der Waals surface area contributed by atoms with Crippen molar-refractivity contribution >= 4 is 11.7 Å². The molecule has 9 nitrogen and oxygen atoms in total. The van der Waals surface area contributed by atoms with Crippen molar-refractivity contribution < 1.29 is 4.79 Å². The molecule has 1 aliphatic rings. The van der Waals surface area contributed by atoms with E-state index in [0.717, 1.165) is 32.0 Å². The molecule has 132 valence electrons. The van der Waals surface area contributed by atoms with E-state index < -0.39 is 0 Å². The van der Waals surface area contributed by atoms with E-state index in [1.165, 1.54) is 23.3 Å². The molecule has 0 aliphatic carbocycles. The molecular weight excluding hydrogens is 322 g/mol. The van der Waals surface area contributed by atoms with Gasteiger partial charge in [-0.25, -0.2) is 14.6 Å². The lowest BCUT2D eigenvalue weighted by molar-refractivity contribution is 0.0946. The predicted octanol–water partition coefficient (Wildman–Crippen LogP) is -0.785. The third-order valence-corrected chi connectivity index (χ3v) is 4.11. The minimum Gasteiger partial charge on any atom is -0.354 e. The quantitative estimate of drug-likeness (QED) is 0.760. The number of carbonyl (C=O) groups is 1. The van der Waals surface area contributed by atoms with Gasteiger partial charge in [0.25, 0.3) is 11.5 Å². The number of anilines is 1. The molecule has 0 saturated carbocycles. The average molecular weight is 343 g/mol. The highest BCUT2D eigenvalue weighted by atomic mass is 16.2. The Labute approximate surface area is 145 Å². The molecule has 0 aromatic carbocycles. The Balaban J connectivity index is 1.58. The zero-order valence-electron chi connectivity index (χ0n) is 14.1. The second kappa shape index (κ2) is 7.84. The van der Waals surface area contributed by atoms with Crippen molar-refractivity contribution in [2.45, 2.75) is 6.54 Å². The maximum Gasteiger partial charge on any atom is 0.270 e. The van der Waals surface area contributed by atoms with E-state index in [2.05, 4.69) is 37.2 Å². The number of amides is 1. The summed E-state index contributed by atoms with van der Waals surface area (Å²) in [5.41, 5.74) is 0.119. The van der Waals surface area contributed by atoms with Crippen molar-refractivity contribution in [2.75, 3.05) is 44.7 Å². The van der Waals surface area contributed by atoms with Crippen LogP contribution in [0.1, 0.15) is 10.5 Å². The van der Waals surface area contributed by atoms with Crippen molar-refractivity contribution in [3.8, 4) is 0 Å². The summed E-state index contributed by atoms with van der Waals surface area (Å²) in [4.78, 5) is 36.6. The van der Waals surface area contributed by atoms with Gasteiger partial charge in [-0.1, -0.05) is 0 Å². The maximum atomic E-state index is 12.3. The number of piperazine rings is 1. The Morgan fingerprint density at radius 3 is 2.80 bits per heavy atom. The lowest BCUT2D eigenvalue weighted by Crippen LogP contribution is -2.45. The second-order valence-corrected chi connectivity index (χ2v) is 5.89. The van der Waals surface area contributed by atoms with E-state index >= 15 is 0 Å². The number of aromatic nitrogens is 4. The molecule has 0 unspecified atom stereocenters. The topological polar surface area (TPSA) is 96.2 Å². The Morgan fingerprint density at radius 1 is 1.24 bits per heavy atom. The van der Waals surface area contributed by atoms with Crippen LogP contribution in [0.5, 0.6) is 0 Å². The van der Waals surface area contributed by atoms with Gasteiger partial charge in [-0.05, 0) is 13.1 Å². The maximum absolute atomic E-state index is 12.3. The Kier molecular flexibility index (Phi) is 5.34. The number of rotatable bonds is 5. The average Bonchev–Trinajstić information content (AvgIpc) is 2.64. The molecule has 1 N–H and O–H groups in total. The highest BCUT2D eigenvalue weighted by Crippen LogP contribution is 2.13. The van der Waals surface area contributed by atoms with E-state index in [9.17, 15) is 9.59 Å². The van der Waals surface area contributed by atoms with Crippen molar-refractivity contribution in [3.05, 3.63) is 46.8 Å². The molecule has 0 bridgehead atoms. The summed E-state index contributed by atoms with van der Waals surface area (Å²) in [6.07, 6.45) is 2.95. The van der Waals surface area contributed by atoms with Gasteiger partial charge in [0.2, 0.25) is 0 Å². The molecule has 3 heterocycles. The molecular formula is C16H21N7O2. The monoisotopic (exact) mass is 343 g/mol. The Morgan fingerprint density at radius 2 is 2.04 bits per heavy atom. The molecule has 1 saturated heterocycles. The van der Waals surface area contributed by atoms with Crippen LogP contribution in [0.3, 0.4) is 0 Å². The number of likely N-dealkylation sites (N-methyl/N-ethyl adjacent to an activating group) is 1. The minimum atomic E-state index is -0.290. The van der Waals surface area contributed by atoms with Crippen LogP contribution < -0.4 is 15.8 Å². The lowest BCUT2D eigenvalue weighted by Gasteiger charge is -2.33. The number of carbonyl (C=O) groups excluding carboxylic acids is 1. The van der Waals surface area contributed by atoms with Crippen LogP contribution in [-0.2, 0) is 6.54 Å². The smallest absolute Gasteiger partial charge is 0.270 e. The summed E-state index contributed by atoms with van der Waals surface area (Å²) in [7, 11) is 2.09. The summed E-state index contributed by atoms with van der Waals surface area (Å²) >= 11 is 0. The summed E-state index contributed by atoms with van der Waals surface area (Å²) in [5.74, 6) is 0.468. The number of hydrogen-bond acceptors (Lipinski definition) is 7. The van der Waals surface area contributed by atoms with E-state index in [1.807, 2.05) is 0 Å². The van der Waals surface area contributed by atoms with Gasteiger partial charge in [0.15, 0.2) is 0 Å². The molecule has 0 radical (unpaired) electrons. The van der Waals surface area contributed by atoms with Crippen molar-refractivity contribution in [3.63, 3.8) is 0 Å².